The normalized spacial score (nSPS) is 19.7. The number of nitrogens with zero attached hydrogens (tertiary/aromatic N) is 4. The number of fused-ring (bicyclic) bond motifs is 3. The fourth-order valence-electron chi connectivity index (χ4n) is 5.89. The molecule has 6 rings (SSSR count). The van der Waals surface area contributed by atoms with Gasteiger partial charge < -0.3 is 9.80 Å². The molecule has 2 aliphatic heterocycles. The predicted molar refractivity (Wildman–Crippen MR) is 141 cm³/mol. The first kappa shape index (κ1) is 21.8. The molecule has 2 aliphatic rings. The van der Waals surface area contributed by atoms with Crippen LogP contribution in [0.4, 0.5) is 5.95 Å². The molecule has 1 amide bonds. The van der Waals surface area contributed by atoms with Crippen LogP contribution < -0.4 is 4.90 Å². The van der Waals surface area contributed by atoms with Crippen molar-refractivity contribution < 1.29 is 4.79 Å². The lowest BCUT2D eigenvalue weighted by Gasteiger charge is -2.46. The summed E-state index contributed by atoms with van der Waals surface area (Å²) in [6.07, 6.45) is 4.02. The standard InChI is InChI=1S/C30H30N4O/c1-2-23-9-3-5-11-25(23)26-12-6-7-13-27(26)29(35)33-17-21-15-22(18-33)20-34(19-21)30-31-16-24-10-4-8-14-28(24)32-30/h3-14,16,21-22H,2,15,17-20H2,1H3. The molecule has 2 bridgehead atoms. The number of para-hydroxylation sites is 1. The molecule has 2 unspecified atom stereocenters. The molecule has 35 heavy (non-hydrogen) atoms. The number of amides is 1. The van der Waals surface area contributed by atoms with E-state index in [-0.39, 0.29) is 5.91 Å². The number of aryl methyl sites for hydroxylation is 1. The number of rotatable bonds is 4. The fourth-order valence-corrected chi connectivity index (χ4v) is 5.89. The Kier molecular flexibility index (Phi) is 5.69. The van der Waals surface area contributed by atoms with Crippen molar-refractivity contribution in [3.8, 4) is 11.1 Å². The van der Waals surface area contributed by atoms with Gasteiger partial charge in [-0.2, -0.15) is 0 Å². The maximum absolute atomic E-state index is 13.8. The van der Waals surface area contributed by atoms with E-state index in [2.05, 4.69) is 52.0 Å². The zero-order chi connectivity index (χ0) is 23.8. The molecular weight excluding hydrogens is 432 g/mol. The summed E-state index contributed by atoms with van der Waals surface area (Å²) in [5.41, 5.74) is 5.26. The second-order valence-electron chi connectivity index (χ2n) is 9.87. The second kappa shape index (κ2) is 9.14. The highest BCUT2D eigenvalue weighted by Gasteiger charge is 2.37. The third-order valence-corrected chi connectivity index (χ3v) is 7.47. The monoisotopic (exact) mass is 462 g/mol. The van der Waals surface area contributed by atoms with Gasteiger partial charge >= 0.3 is 0 Å². The first-order valence-corrected chi connectivity index (χ1v) is 12.6. The van der Waals surface area contributed by atoms with Crippen LogP contribution in [-0.4, -0.2) is 47.0 Å². The Bertz CT molecular complexity index is 1370. The summed E-state index contributed by atoms with van der Waals surface area (Å²) in [5, 5.41) is 1.06. The minimum Gasteiger partial charge on any atom is -0.340 e. The van der Waals surface area contributed by atoms with Gasteiger partial charge in [-0.05, 0) is 53.5 Å². The second-order valence-corrected chi connectivity index (χ2v) is 9.87. The minimum absolute atomic E-state index is 0.150. The average molecular weight is 463 g/mol. The quantitative estimate of drug-likeness (QED) is 0.404. The molecular formula is C30H30N4O. The lowest BCUT2D eigenvalue weighted by Crippen LogP contribution is -2.54. The molecule has 3 aromatic carbocycles. The third kappa shape index (κ3) is 4.16. The van der Waals surface area contributed by atoms with Crippen LogP contribution in [0.5, 0.6) is 0 Å². The van der Waals surface area contributed by atoms with Crippen LogP contribution in [0.1, 0.15) is 29.3 Å². The molecule has 5 heteroatoms. The van der Waals surface area contributed by atoms with E-state index in [0.29, 0.717) is 11.8 Å². The Morgan fingerprint density at radius 2 is 1.54 bits per heavy atom. The van der Waals surface area contributed by atoms with Gasteiger partial charge in [0, 0.05) is 43.3 Å². The van der Waals surface area contributed by atoms with E-state index in [4.69, 9.17) is 4.98 Å². The highest BCUT2D eigenvalue weighted by atomic mass is 16.2. The van der Waals surface area contributed by atoms with Gasteiger partial charge in [0.25, 0.3) is 5.91 Å². The van der Waals surface area contributed by atoms with Crippen molar-refractivity contribution in [3.05, 3.63) is 90.1 Å². The van der Waals surface area contributed by atoms with Crippen LogP contribution in [0.3, 0.4) is 0 Å². The summed E-state index contributed by atoms with van der Waals surface area (Å²) in [5.74, 6) is 1.81. The Hall–Kier alpha value is -3.73. The van der Waals surface area contributed by atoms with Gasteiger partial charge in [-0.1, -0.05) is 67.6 Å². The summed E-state index contributed by atoms with van der Waals surface area (Å²) in [6.45, 7) is 5.50. The summed E-state index contributed by atoms with van der Waals surface area (Å²) >= 11 is 0. The van der Waals surface area contributed by atoms with Gasteiger partial charge in [0.1, 0.15) is 0 Å². The summed E-state index contributed by atoms with van der Waals surface area (Å²) < 4.78 is 0. The van der Waals surface area contributed by atoms with Crippen molar-refractivity contribution in [2.45, 2.75) is 19.8 Å². The number of hydrogen-bond donors (Lipinski definition) is 0. The Labute approximate surface area is 206 Å². The molecule has 0 aliphatic carbocycles. The number of carbonyl (C=O) groups excluding carboxylic acids is 1. The van der Waals surface area contributed by atoms with Gasteiger partial charge in [0.05, 0.1) is 5.52 Å². The first-order valence-electron chi connectivity index (χ1n) is 12.6. The van der Waals surface area contributed by atoms with Gasteiger partial charge in [-0.25, -0.2) is 9.97 Å². The number of piperidine rings is 2. The maximum Gasteiger partial charge on any atom is 0.254 e. The van der Waals surface area contributed by atoms with Crippen LogP contribution in [0.25, 0.3) is 22.0 Å². The summed E-state index contributed by atoms with van der Waals surface area (Å²) in [7, 11) is 0. The van der Waals surface area contributed by atoms with Crippen molar-refractivity contribution in [1.29, 1.82) is 0 Å². The van der Waals surface area contributed by atoms with Crippen LogP contribution in [0.15, 0.2) is 79.0 Å². The number of anilines is 1. The number of hydrogen-bond acceptors (Lipinski definition) is 4. The third-order valence-electron chi connectivity index (χ3n) is 7.47. The Balaban J connectivity index is 1.23. The molecule has 0 spiro atoms. The molecule has 2 saturated heterocycles. The van der Waals surface area contributed by atoms with Crippen molar-refractivity contribution >= 4 is 22.8 Å². The fraction of sp³-hybridized carbons (Fsp3) is 0.300. The number of benzene rings is 3. The highest BCUT2D eigenvalue weighted by molar-refractivity contribution is 6.01. The molecule has 1 aromatic heterocycles. The Morgan fingerprint density at radius 1 is 0.857 bits per heavy atom. The summed E-state index contributed by atoms with van der Waals surface area (Å²) in [4.78, 5) is 27.7. The maximum atomic E-state index is 13.8. The van der Waals surface area contributed by atoms with Gasteiger partial charge in [-0.15, -0.1) is 0 Å². The van der Waals surface area contributed by atoms with E-state index in [1.165, 1.54) is 5.56 Å². The minimum atomic E-state index is 0.150. The average Bonchev–Trinajstić information content (AvgIpc) is 2.91. The molecule has 2 atom stereocenters. The molecule has 2 fully saturated rings. The molecule has 5 nitrogen and oxygen atoms in total. The largest absolute Gasteiger partial charge is 0.340 e. The van der Waals surface area contributed by atoms with Gasteiger partial charge in [0.2, 0.25) is 5.95 Å². The summed E-state index contributed by atoms with van der Waals surface area (Å²) in [6, 6.07) is 24.6. The van der Waals surface area contributed by atoms with Crippen LogP contribution in [0, 0.1) is 11.8 Å². The molecule has 176 valence electrons. The van der Waals surface area contributed by atoms with Crippen molar-refractivity contribution in [2.24, 2.45) is 11.8 Å². The van der Waals surface area contributed by atoms with Crippen LogP contribution in [-0.2, 0) is 6.42 Å². The molecule has 0 N–H and O–H groups in total. The molecule has 3 heterocycles. The van der Waals surface area contributed by atoms with E-state index in [1.54, 1.807) is 0 Å². The smallest absolute Gasteiger partial charge is 0.254 e. The Morgan fingerprint density at radius 3 is 2.34 bits per heavy atom. The first-order chi connectivity index (χ1) is 17.2. The van der Waals surface area contributed by atoms with Crippen molar-refractivity contribution in [3.63, 3.8) is 0 Å². The molecule has 0 radical (unpaired) electrons. The van der Waals surface area contributed by atoms with E-state index >= 15 is 0 Å². The van der Waals surface area contributed by atoms with Crippen LogP contribution >= 0.6 is 0 Å². The number of aromatic nitrogens is 2. The molecule has 0 saturated carbocycles. The van der Waals surface area contributed by atoms with E-state index in [1.807, 2.05) is 48.7 Å². The lowest BCUT2D eigenvalue weighted by molar-refractivity contribution is 0.0564. The zero-order valence-electron chi connectivity index (χ0n) is 20.1. The highest BCUT2D eigenvalue weighted by Crippen LogP contribution is 2.33. The van der Waals surface area contributed by atoms with Gasteiger partial charge in [0.15, 0.2) is 0 Å². The number of carbonyl (C=O) groups is 1. The van der Waals surface area contributed by atoms with Crippen molar-refractivity contribution in [1.82, 2.24) is 14.9 Å². The van der Waals surface area contributed by atoms with E-state index in [9.17, 15) is 4.79 Å². The van der Waals surface area contributed by atoms with Crippen molar-refractivity contribution in [2.75, 3.05) is 31.1 Å². The lowest BCUT2D eigenvalue weighted by atomic mass is 9.84. The van der Waals surface area contributed by atoms with E-state index in [0.717, 1.165) is 72.6 Å². The van der Waals surface area contributed by atoms with E-state index < -0.39 is 0 Å². The molecule has 4 aromatic rings. The predicted octanol–water partition coefficient (Wildman–Crippen LogP) is 5.46. The SMILES string of the molecule is CCc1ccccc1-c1ccccc1C(=O)N1CC2CC(C1)CN(c1ncc3ccccc3n1)C2. The van der Waals surface area contributed by atoms with Gasteiger partial charge in [-0.3, -0.25) is 4.79 Å². The topological polar surface area (TPSA) is 49.3 Å². The zero-order valence-corrected chi connectivity index (χ0v) is 20.1. The number of likely N-dealkylation sites (tertiary alicyclic amines) is 1. The van der Waals surface area contributed by atoms with Crippen LogP contribution in [0.2, 0.25) is 0 Å².